The lowest BCUT2D eigenvalue weighted by Crippen LogP contribution is -2.57. The van der Waals surface area contributed by atoms with Crippen LogP contribution in [0.1, 0.15) is 45.4 Å². The van der Waals surface area contributed by atoms with Crippen molar-refractivity contribution in [2.45, 2.75) is 57.3 Å². The fourth-order valence-corrected chi connectivity index (χ4v) is 2.16. The van der Waals surface area contributed by atoms with Crippen LogP contribution in [0.3, 0.4) is 0 Å². The second-order valence-corrected chi connectivity index (χ2v) is 5.04. The molecule has 0 saturated carbocycles. The van der Waals surface area contributed by atoms with E-state index in [0.717, 1.165) is 25.7 Å². The Bertz CT molecular complexity index is 373. The predicted molar refractivity (Wildman–Crippen MR) is 70.4 cm³/mol. The normalized spacial score (nSPS) is 23.6. The first-order valence-electron chi connectivity index (χ1n) is 6.17. The highest BCUT2D eigenvalue weighted by atomic mass is 32.1. The lowest BCUT2D eigenvalue weighted by atomic mass is 10.0. The second-order valence-electron chi connectivity index (χ2n) is 4.62. The summed E-state index contributed by atoms with van der Waals surface area (Å²) in [6.45, 7) is 2.05. The zero-order valence-electron chi connectivity index (χ0n) is 10.7. The fourth-order valence-electron chi connectivity index (χ4n) is 1.97. The zero-order valence-corrected chi connectivity index (χ0v) is 11.5. The molecule has 0 aliphatic carbocycles. The monoisotopic (exact) mass is 297 g/mol. The highest BCUT2D eigenvalue weighted by Crippen LogP contribution is 2.40. The molecule has 0 aromatic carbocycles. The molecule has 19 heavy (non-hydrogen) atoms. The van der Waals surface area contributed by atoms with E-state index in [2.05, 4.69) is 17.3 Å². The number of unbranched alkanes of at least 4 members (excludes halogenated alkanes) is 3. The molecular weight excluding hydrogens is 279 g/mol. The number of halogens is 3. The van der Waals surface area contributed by atoms with Gasteiger partial charge < -0.3 is 10.8 Å². The summed E-state index contributed by atoms with van der Waals surface area (Å²) in [5, 5.41) is 13.2. The lowest BCUT2D eigenvalue weighted by molar-refractivity contribution is -0.294. The molecular formula is C11H18F3N3OS. The molecule has 110 valence electrons. The van der Waals surface area contributed by atoms with Gasteiger partial charge in [-0.05, 0) is 25.1 Å². The Labute approximate surface area is 115 Å². The van der Waals surface area contributed by atoms with E-state index in [1.165, 1.54) is 0 Å². The molecule has 0 bridgehead atoms. The zero-order chi connectivity index (χ0) is 14.7. The van der Waals surface area contributed by atoms with E-state index in [0.29, 0.717) is 11.4 Å². The van der Waals surface area contributed by atoms with Gasteiger partial charge in [-0.2, -0.15) is 23.3 Å². The molecule has 0 radical (unpaired) electrons. The van der Waals surface area contributed by atoms with Gasteiger partial charge in [0.1, 0.15) is 0 Å². The molecule has 0 aromatic rings. The second kappa shape index (κ2) is 6.04. The van der Waals surface area contributed by atoms with Gasteiger partial charge in [0.2, 0.25) is 0 Å². The van der Waals surface area contributed by atoms with Gasteiger partial charge in [-0.25, -0.2) is 0 Å². The first kappa shape index (κ1) is 16.2. The average Bonchev–Trinajstić information content (AvgIpc) is 2.63. The summed E-state index contributed by atoms with van der Waals surface area (Å²) in [6, 6.07) is 0. The Hall–Kier alpha value is -0.890. The molecule has 1 unspecified atom stereocenters. The van der Waals surface area contributed by atoms with Crippen LogP contribution in [0.15, 0.2) is 5.10 Å². The van der Waals surface area contributed by atoms with Crippen molar-refractivity contribution in [3.8, 4) is 0 Å². The standard InChI is InChI=1S/C11H18F3N3OS/c1-2-3-4-5-6-8-7-10(18,11(12,13)14)17(16-8)9(15)19/h18H,2-7H2,1H3,(H2,15,19). The van der Waals surface area contributed by atoms with Crippen LogP contribution < -0.4 is 5.73 Å². The van der Waals surface area contributed by atoms with Crippen molar-refractivity contribution in [3.05, 3.63) is 0 Å². The quantitative estimate of drug-likeness (QED) is 0.604. The van der Waals surface area contributed by atoms with Crippen LogP contribution in [0.2, 0.25) is 0 Å². The number of nitrogens with zero attached hydrogens (tertiary/aromatic N) is 2. The highest BCUT2D eigenvalue weighted by Gasteiger charge is 2.62. The van der Waals surface area contributed by atoms with Gasteiger partial charge in [-0.3, -0.25) is 0 Å². The van der Waals surface area contributed by atoms with Crippen LogP contribution in [-0.4, -0.2) is 32.8 Å². The molecule has 1 atom stereocenters. The molecule has 4 nitrogen and oxygen atoms in total. The number of thiocarbonyl (C=S) groups is 1. The maximum Gasteiger partial charge on any atom is 0.438 e. The first-order valence-corrected chi connectivity index (χ1v) is 6.58. The summed E-state index contributed by atoms with van der Waals surface area (Å²) >= 11 is 4.52. The van der Waals surface area contributed by atoms with Crippen LogP contribution in [0.25, 0.3) is 0 Å². The van der Waals surface area contributed by atoms with E-state index >= 15 is 0 Å². The Morgan fingerprint density at radius 1 is 1.47 bits per heavy atom. The van der Waals surface area contributed by atoms with Crippen LogP contribution in [-0.2, 0) is 0 Å². The molecule has 0 saturated heterocycles. The summed E-state index contributed by atoms with van der Waals surface area (Å²) in [6.07, 6.45) is -1.31. The summed E-state index contributed by atoms with van der Waals surface area (Å²) in [5.41, 5.74) is 2.38. The number of hydrogen-bond donors (Lipinski definition) is 2. The number of hydrazone groups is 1. The van der Waals surface area contributed by atoms with E-state index in [4.69, 9.17) is 5.73 Å². The van der Waals surface area contributed by atoms with Crippen LogP contribution in [0, 0.1) is 0 Å². The Morgan fingerprint density at radius 3 is 2.53 bits per heavy atom. The van der Waals surface area contributed by atoms with Gasteiger partial charge in [0.25, 0.3) is 5.72 Å². The van der Waals surface area contributed by atoms with E-state index < -0.39 is 23.4 Å². The van der Waals surface area contributed by atoms with Crippen molar-refractivity contribution in [1.82, 2.24) is 5.01 Å². The molecule has 0 aromatic heterocycles. The third-order valence-corrected chi connectivity index (χ3v) is 3.20. The molecule has 1 heterocycles. The van der Waals surface area contributed by atoms with Gasteiger partial charge in [-0.15, -0.1) is 0 Å². The highest BCUT2D eigenvalue weighted by molar-refractivity contribution is 7.80. The van der Waals surface area contributed by atoms with Gasteiger partial charge in [0.15, 0.2) is 5.11 Å². The third kappa shape index (κ3) is 3.56. The third-order valence-electron chi connectivity index (χ3n) is 3.02. The van der Waals surface area contributed by atoms with Crippen molar-refractivity contribution in [1.29, 1.82) is 0 Å². The van der Waals surface area contributed by atoms with Gasteiger partial charge >= 0.3 is 6.18 Å². The van der Waals surface area contributed by atoms with Crippen molar-refractivity contribution < 1.29 is 18.3 Å². The van der Waals surface area contributed by atoms with E-state index in [-0.39, 0.29) is 5.71 Å². The Kier molecular flexibility index (Phi) is 5.14. The fraction of sp³-hybridized carbons (Fsp3) is 0.818. The number of hydrogen-bond acceptors (Lipinski definition) is 3. The average molecular weight is 297 g/mol. The Morgan fingerprint density at radius 2 is 2.11 bits per heavy atom. The van der Waals surface area contributed by atoms with Gasteiger partial charge in [-0.1, -0.05) is 26.2 Å². The largest absolute Gasteiger partial charge is 0.438 e. The minimum atomic E-state index is -4.86. The minimum Gasteiger partial charge on any atom is -0.375 e. The van der Waals surface area contributed by atoms with E-state index in [1.807, 2.05) is 6.92 Å². The van der Waals surface area contributed by atoms with Crippen molar-refractivity contribution in [3.63, 3.8) is 0 Å². The Balaban J connectivity index is 2.73. The molecule has 0 fully saturated rings. The number of alkyl halides is 3. The maximum atomic E-state index is 12.9. The summed E-state index contributed by atoms with van der Waals surface area (Å²) < 4.78 is 38.7. The van der Waals surface area contributed by atoms with Crippen molar-refractivity contribution in [2.24, 2.45) is 10.8 Å². The van der Waals surface area contributed by atoms with Crippen molar-refractivity contribution >= 4 is 23.0 Å². The molecule has 0 spiro atoms. The number of aliphatic hydroxyl groups is 1. The molecule has 1 aliphatic heterocycles. The maximum absolute atomic E-state index is 12.9. The van der Waals surface area contributed by atoms with Gasteiger partial charge in [0.05, 0.1) is 0 Å². The smallest absolute Gasteiger partial charge is 0.375 e. The minimum absolute atomic E-state index is 0.281. The molecule has 0 amide bonds. The van der Waals surface area contributed by atoms with E-state index in [9.17, 15) is 18.3 Å². The molecule has 3 N–H and O–H groups in total. The number of rotatable bonds is 5. The van der Waals surface area contributed by atoms with Crippen LogP contribution in [0.5, 0.6) is 0 Å². The number of nitrogens with two attached hydrogens (primary N) is 1. The molecule has 1 rings (SSSR count). The first-order chi connectivity index (χ1) is 8.72. The summed E-state index contributed by atoms with van der Waals surface area (Å²) in [5.74, 6) is 0. The van der Waals surface area contributed by atoms with E-state index in [1.54, 1.807) is 0 Å². The SMILES string of the molecule is CCCCCCC1=NN(C(N)=S)C(O)(C(F)(F)F)C1. The topological polar surface area (TPSA) is 61.8 Å². The lowest BCUT2D eigenvalue weighted by Gasteiger charge is -2.32. The predicted octanol–water partition coefficient (Wildman–Crippen LogP) is 2.51. The van der Waals surface area contributed by atoms with Crippen LogP contribution in [0.4, 0.5) is 13.2 Å². The van der Waals surface area contributed by atoms with Crippen LogP contribution >= 0.6 is 12.2 Å². The molecule has 1 aliphatic rings. The molecule has 8 heteroatoms. The summed E-state index contributed by atoms with van der Waals surface area (Å²) in [4.78, 5) is 0. The van der Waals surface area contributed by atoms with Crippen molar-refractivity contribution in [2.75, 3.05) is 0 Å². The van der Waals surface area contributed by atoms with Gasteiger partial charge in [0, 0.05) is 12.1 Å². The summed E-state index contributed by atoms with van der Waals surface area (Å²) in [7, 11) is 0.